The van der Waals surface area contributed by atoms with Crippen LogP contribution in [0.25, 0.3) is 52.9 Å². The first-order chi connectivity index (χ1) is 69.7. The number of aliphatic hydroxyl groups is 2. The van der Waals surface area contributed by atoms with Crippen LogP contribution in [0.5, 0.6) is 5.75 Å². The van der Waals surface area contributed by atoms with Gasteiger partial charge >= 0.3 is 69.5 Å². The highest BCUT2D eigenvalue weighted by Crippen LogP contribution is 2.50. The van der Waals surface area contributed by atoms with Gasteiger partial charge in [0, 0.05) is 86.7 Å². The summed E-state index contributed by atoms with van der Waals surface area (Å²) in [5, 5.41) is 84.6. The molecule has 8 aromatic rings. The lowest BCUT2D eigenvalue weighted by molar-refractivity contribution is -0.384. The number of benzene rings is 5. The van der Waals surface area contributed by atoms with Crippen LogP contribution in [0.3, 0.4) is 0 Å². The number of nitrogens with zero attached hydrogens (tertiary/aromatic N) is 21. The van der Waals surface area contributed by atoms with Gasteiger partial charge < -0.3 is 106 Å². The van der Waals surface area contributed by atoms with Crippen molar-refractivity contribution in [1.82, 2.24) is 39.7 Å². The van der Waals surface area contributed by atoms with Crippen LogP contribution < -0.4 is 38.3 Å². The summed E-state index contributed by atoms with van der Waals surface area (Å²) in [5.74, 6) is -3.98. The molecule has 3 aromatic heterocycles. The van der Waals surface area contributed by atoms with Crippen LogP contribution in [-0.2, 0) is 111 Å². The van der Waals surface area contributed by atoms with E-state index in [0.29, 0.717) is 116 Å². The third kappa shape index (κ3) is 45.6. The van der Waals surface area contributed by atoms with Gasteiger partial charge in [0.05, 0.1) is 48.1 Å². The first-order valence-electron chi connectivity index (χ1n) is 43.8. The fraction of sp³-hybridized carbons (Fsp3) is 0.437. The molecule has 2 aliphatic rings. The number of nitrogen functional groups attached to an aromatic ring is 2. The highest BCUT2D eigenvalue weighted by Gasteiger charge is 2.48. The first-order valence-corrected chi connectivity index (χ1v) is 46.8. The van der Waals surface area contributed by atoms with Gasteiger partial charge in [-0.1, -0.05) is 159 Å². The molecule has 2 fully saturated rings. The van der Waals surface area contributed by atoms with Crippen LogP contribution in [0.15, 0.2) is 171 Å². The minimum atomic E-state index is -4.99. The van der Waals surface area contributed by atoms with E-state index in [4.69, 9.17) is 122 Å². The van der Waals surface area contributed by atoms with Crippen molar-refractivity contribution >= 4 is 115 Å². The Balaban J connectivity index is 0.000000383. The van der Waals surface area contributed by atoms with Crippen molar-refractivity contribution in [3.63, 3.8) is 0 Å². The zero-order valence-corrected chi connectivity index (χ0v) is 80.4. The predicted molar refractivity (Wildman–Crippen MR) is 514 cm³/mol. The van der Waals surface area contributed by atoms with Gasteiger partial charge in [-0.2, -0.15) is 15.5 Å². The number of aliphatic carboxylic acids is 2. The van der Waals surface area contributed by atoms with Crippen LogP contribution in [0.4, 0.5) is 54.5 Å². The van der Waals surface area contributed by atoms with Crippen LogP contribution in [0.2, 0.25) is 0 Å². The second-order valence-corrected chi connectivity index (χ2v) is 33.5. The van der Waals surface area contributed by atoms with Crippen LogP contribution in [0, 0.1) is 56.4 Å². The molecule has 5 aromatic carbocycles. The van der Waals surface area contributed by atoms with Crippen molar-refractivity contribution in [3.8, 4) is 17.9 Å². The summed E-state index contributed by atoms with van der Waals surface area (Å²) in [7, 11) is -9.96. The van der Waals surface area contributed by atoms with Crippen molar-refractivity contribution in [1.29, 1.82) is 10.5 Å². The molecule has 12 atom stereocenters. The summed E-state index contributed by atoms with van der Waals surface area (Å²) in [6.07, 6.45) is -2.61. The molecular weight excluding hydrogens is 1980 g/mol. The highest BCUT2D eigenvalue weighted by atomic mass is 31.2. The van der Waals surface area contributed by atoms with Crippen LogP contribution >= 0.6 is 15.6 Å². The van der Waals surface area contributed by atoms with E-state index in [1.807, 2.05) is 0 Å². The van der Waals surface area contributed by atoms with Crippen molar-refractivity contribution in [3.05, 3.63) is 231 Å². The van der Waals surface area contributed by atoms with Crippen molar-refractivity contribution in [2.75, 3.05) is 57.5 Å². The number of carboxylic acid groups (broad SMARTS) is 2. The Bertz CT molecular complexity index is 6010. The molecule has 2 aliphatic heterocycles. The van der Waals surface area contributed by atoms with E-state index in [9.17, 15) is 77.5 Å². The molecule has 0 aliphatic carbocycles. The summed E-state index contributed by atoms with van der Waals surface area (Å²) in [5.41, 5.74) is 53.8. The zero-order valence-electron chi connectivity index (χ0n) is 78.6. The number of amides is 2. The number of ether oxygens (including phenoxy) is 9. The fourth-order valence-corrected chi connectivity index (χ4v) is 13.7. The minimum absolute atomic E-state index is 0. The number of carboxylic acids is 2. The van der Waals surface area contributed by atoms with Crippen molar-refractivity contribution in [2.24, 2.45) is 49.9 Å². The van der Waals surface area contributed by atoms with Crippen LogP contribution in [0.1, 0.15) is 140 Å². The van der Waals surface area contributed by atoms with Gasteiger partial charge in [0.1, 0.15) is 98.7 Å². The van der Waals surface area contributed by atoms with Crippen molar-refractivity contribution in [2.45, 2.75) is 175 Å². The maximum Gasteiger partial charge on any atom is 0.514 e. The van der Waals surface area contributed by atoms with Gasteiger partial charge in [0.2, 0.25) is 0 Å². The number of nitrogens with two attached hydrogens (primary N) is 3. The molecular formula is C87H110N26O32P2. The topological polar surface area (TPSA) is 889 Å². The number of esters is 3. The molecule has 10 rings (SSSR count). The average molecular weight is 2090 g/mol. The lowest BCUT2D eigenvalue weighted by atomic mass is 10.0. The van der Waals surface area contributed by atoms with Gasteiger partial charge in [-0.05, 0) is 120 Å². The average Bonchev–Trinajstić information content (AvgIpc) is 1.62. The molecule has 2 amide bonds. The monoisotopic (exact) mass is 2090 g/mol. The van der Waals surface area contributed by atoms with Gasteiger partial charge in [-0.15, -0.1) is 0 Å². The Morgan fingerprint density at radius 2 is 1.05 bits per heavy atom. The quantitative estimate of drug-likeness (QED) is 0.00161. The normalized spacial score (nSPS) is 16.1. The van der Waals surface area contributed by atoms with E-state index in [1.165, 1.54) is 53.8 Å². The number of unbranched alkanes of at least 4 members (excludes halogenated alkanes) is 1. The second kappa shape index (κ2) is 66.0. The van der Waals surface area contributed by atoms with Crippen LogP contribution in [-0.4, -0.2) is 194 Å². The molecule has 0 radical (unpaired) electrons. The highest BCUT2D eigenvalue weighted by molar-refractivity contribution is 7.47. The number of alkyl carbamates (subject to hydrolysis) is 2. The summed E-state index contributed by atoms with van der Waals surface area (Å²) in [4.78, 5) is 167. The molecule has 0 saturated carbocycles. The molecule has 15 N–H and O–H groups in total. The Labute approximate surface area is 836 Å². The number of hydrogen-bond donors (Lipinski definition) is 12. The summed E-state index contributed by atoms with van der Waals surface area (Å²) in [6.45, 7) is 5.84. The zero-order chi connectivity index (χ0) is 108. The number of non-ortho nitro benzene ring substituents is 1. The molecule has 1 unspecified atom stereocenters. The van der Waals surface area contributed by atoms with Gasteiger partial charge in [0.25, 0.3) is 5.69 Å². The van der Waals surface area contributed by atoms with Gasteiger partial charge in [-0.25, -0.2) is 43.3 Å². The van der Waals surface area contributed by atoms with Crippen molar-refractivity contribution < 1.29 is 144 Å². The Hall–Kier alpha value is -16.1. The molecule has 60 heteroatoms. The number of fused-ring (bicyclic) bond motifs is 1. The van der Waals surface area contributed by atoms with E-state index in [1.54, 1.807) is 137 Å². The number of rotatable bonds is 46. The predicted octanol–water partition coefficient (Wildman–Crippen LogP) is 13.7. The van der Waals surface area contributed by atoms with E-state index in [0.717, 1.165) is 11.0 Å². The SMILES string of the molecule is C.C[C@@H](CCCCC(=O)OCc1ccccc1N=[N+]=[N-])C(=O)O.C[C@@H](CCCN)C(=O)O.C[C@@H](CCCNC(=O)OCc1ccccc1N=[N+]=[N-])C(=O)OCC#N.C[C@@H](CCCNC(=O)OCc1ccccc1N=[N+]=[N-])C(=O)OCC#N.Nc1ccn([C@H]2C[C@H](OP(=O)(O)OC[C@H]3O[C@@H](n4cnc5c(N)ncnc54)[C@H](O)[C@@H]3O)[C@@H](COP(=O)(O)O)O2)c(=O)n1.[N-]=[N+]=Nc1ccccc1COC(=O)Oc1ccc([N+](=O)[O-])cc1. The fourth-order valence-electron chi connectivity index (χ4n) is 12.4. The maximum absolute atomic E-state index is 12.9. The number of hydrogen-bond acceptors (Lipinski definition) is 40. The third-order valence-electron chi connectivity index (χ3n) is 20.2. The minimum Gasteiger partial charge on any atom is -0.481 e. The second-order valence-electron chi connectivity index (χ2n) is 30.8. The lowest BCUT2D eigenvalue weighted by Crippen LogP contribution is -2.34. The summed E-state index contributed by atoms with van der Waals surface area (Å²) >= 11 is 0. The number of aromatic nitrogens is 6. The number of phosphoric ester groups is 2. The number of nitro benzene ring substituents is 1. The largest absolute Gasteiger partial charge is 0.514 e. The van der Waals surface area contributed by atoms with Gasteiger partial charge in [0.15, 0.2) is 30.9 Å². The molecule has 5 heterocycles. The molecule has 0 spiro atoms. The molecule has 790 valence electrons. The number of carbonyl (C=O) groups is 8. The molecule has 58 nitrogen and oxygen atoms in total. The first kappa shape index (κ1) is 123. The van der Waals surface area contributed by atoms with E-state index < -0.39 is 131 Å². The Morgan fingerprint density at radius 3 is 1.50 bits per heavy atom. The number of nitro groups is 1. The number of azide groups is 4. The van der Waals surface area contributed by atoms with Gasteiger partial charge in [-0.3, -0.25) is 56.8 Å². The number of nitrogens with one attached hydrogen (secondary N) is 2. The molecule has 147 heavy (non-hydrogen) atoms. The number of imidazole rings is 1. The Morgan fingerprint density at radius 1 is 0.592 bits per heavy atom. The summed E-state index contributed by atoms with van der Waals surface area (Å²) in [6, 6.07) is 36.8. The summed E-state index contributed by atoms with van der Waals surface area (Å²) < 4.78 is 86.8. The number of nitriles is 2. The number of aliphatic hydroxyl groups excluding tert-OH is 2. The number of anilines is 2. The van der Waals surface area contributed by atoms with E-state index >= 15 is 0 Å². The Kier molecular flexibility index (Phi) is 55.3. The molecule has 2 saturated heterocycles. The number of phosphoric acid groups is 2. The third-order valence-corrected chi connectivity index (χ3v) is 21.7. The standard InChI is InChI=1S/C19H26N8O13P2.2C16H19N5O4.C15H19N3O4.C14H10N4O5.C6H13NO2.CH4/c20-11-1-2-26(19(30)25-11)12-3-8(9(38-12)4-36-41(31,32)33)40-42(34,35)37-5-10-14(28)15(29)18(39-10)27-7-24-13-16(21)22-6-23-17(13)27;2*1-12(15(22)24-10-8-17)5-4-9-19-16(23)25-11-13-6-2-3-7-14(13)20-21-18;1-11(15(20)21)6-2-5-9-14(19)22-10-12-7-3-4-8-13(12)17-18-16;15-17-16-13-4-2-1-3-10(13)9-22-14(19)23-12-7-5-11(6-8-12)18(20)21;1-5(6(8)9)3-2-4-7;/h1-2,6-10,12,14-15,18,28-29H,3-5H2,(H,34,35)(H2,20,25,30)(H2,21,22,23)(H2,31,32,33);2*2-3,6-7,12H,4-5,9-11H2,1H3,(H,19,23);3-4,7-8,11H,2,5-6,9-10H2,1H3,(H,20,21);1-8H,9H2;5H,2-4,7H2,1H3,(H,8,9);1H4/t8-,9+,10+,12+,14+,15+,18+;2*12-;11-;;5-;/m0000.0./s1. The lowest BCUT2D eigenvalue weighted by Gasteiger charge is -2.22. The van der Waals surface area contributed by atoms with E-state index in [-0.39, 0.29) is 118 Å². The number of carbonyl (C=O) groups excluding carboxylic acids is 6. The maximum atomic E-state index is 12.9. The smallest absolute Gasteiger partial charge is 0.481 e. The van der Waals surface area contributed by atoms with E-state index in [2.05, 4.69) is 75.2 Å². The molecule has 0 bridgehead atoms.